The second kappa shape index (κ2) is 5.73. The van der Waals surface area contributed by atoms with Gasteiger partial charge in [0, 0.05) is 18.4 Å². The summed E-state index contributed by atoms with van der Waals surface area (Å²) in [5.41, 5.74) is 2.92. The number of aryl methyl sites for hydroxylation is 2. The lowest BCUT2D eigenvalue weighted by molar-refractivity contribution is 0.566. The highest BCUT2D eigenvalue weighted by Gasteiger charge is 2.18. The maximum absolute atomic E-state index is 12.4. The van der Waals surface area contributed by atoms with Gasteiger partial charge in [0.15, 0.2) is 0 Å². The SMILES string of the molecule is Cc1ccc(S(=O)(=O)NC(C)c2ccncc2)cc1C. The molecule has 1 N–H and O–H groups in total. The molecule has 1 aromatic heterocycles. The minimum absolute atomic E-state index is 0.293. The number of sulfonamides is 1. The summed E-state index contributed by atoms with van der Waals surface area (Å²) in [7, 11) is -3.52. The fraction of sp³-hybridized carbons (Fsp3) is 0.267. The van der Waals surface area contributed by atoms with Crippen LogP contribution in [0, 0.1) is 13.8 Å². The molecule has 2 rings (SSSR count). The Morgan fingerprint density at radius 2 is 1.70 bits per heavy atom. The van der Waals surface area contributed by atoms with Crippen LogP contribution in [0.2, 0.25) is 0 Å². The van der Waals surface area contributed by atoms with Crippen molar-refractivity contribution in [2.75, 3.05) is 0 Å². The molecule has 1 heterocycles. The van der Waals surface area contributed by atoms with Gasteiger partial charge in [0.1, 0.15) is 0 Å². The Balaban J connectivity index is 2.25. The van der Waals surface area contributed by atoms with Crippen LogP contribution in [-0.2, 0) is 10.0 Å². The third-order valence-electron chi connectivity index (χ3n) is 3.33. The van der Waals surface area contributed by atoms with Crippen molar-refractivity contribution in [1.29, 1.82) is 0 Å². The molecule has 0 radical (unpaired) electrons. The lowest BCUT2D eigenvalue weighted by Gasteiger charge is -2.15. The van der Waals surface area contributed by atoms with Crippen LogP contribution < -0.4 is 4.72 Å². The van der Waals surface area contributed by atoms with E-state index in [0.29, 0.717) is 4.90 Å². The number of nitrogens with zero attached hydrogens (tertiary/aromatic N) is 1. The van der Waals surface area contributed by atoms with E-state index in [1.165, 1.54) is 0 Å². The van der Waals surface area contributed by atoms with E-state index in [9.17, 15) is 8.42 Å². The molecule has 0 bridgehead atoms. The zero-order chi connectivity index (χ0) is 14.8. The predicted molar refractivity (Wildman–Crippen MR) is 78.9 cm³/mol. The molecule has 0 spiro atoms. The van der Waals surface area contributed by atoms with Gasteiger partial charge >= 0.3 is 0 Å². The highest BCUT2D eigenvalue weighted by Crippen LogP contribution is 2.18. The van der Waals surface area contributed by atoms with Gasteiger partial charge in [-0.15, -0.1) is 0 Å². The molecule has 0 saturated heterocycles. The minimum Gasteiger partial charge on any atom is -0.265 e. The fourth-order valence-corrected chi connectivity index (χ4v) is 3.22. The van der Waals surface area contributed by atoms with Crippen LogP contribution in [-0.4, -0.2) is 13.4 Å². The lowest BCUT2D eigenvalue weighted by Crippen LogP contribution is -2.27. The molecule has 0 aliphatic rings. The van der Waals surface area contributed by atoms with E-state index < -0.39 is 10.0 Å². The molecule has 2 aromatic rings. The summed E-state index contributed by atoms with van der Waals surface area (Å²) >= 11 is 0. The van der Waals surface area contributed by atoms with Gasteiger partial charge in [-0.3, -0.25) is 4.98 Å². The number of hydrogen-bond donors (Lipinski definition) is 1. The van der Waals surface area contributed by atoms with E-state index in [1.807, 2.05) is 26.8 Å². The van der Waals surface area contributed by atoms with Gasteiger partial charge in [-0.2, -0.15) is 0 Å². The minimum atomic E-state index is -3.52. The topological polar surface area (TPSA) is 59.1 Å². The average Bonchev–Trinajstić information content (AvgIpc) is 2.42. The Labute approximate surface area is 119 Å². The molecule has 1 aromatic carbocycles. The summed E-state index contributed by atoms with van der Waals surface area (Å²) < 4.78 is 27.4. The summed E-state index contributed by atoms with van der Waals surface area (Å²) in [5.74, 6) is 0. The third-order valence-corrected chi connectivity index (χ3v) is 4.87. The van der Waals surface area contributed by atoms with Gasteiger partial charge in [0.05, 0.1) is 4.90 Å². The molecule has 0 aliphatic heterocycles. The van der Waals surface area contributed by atoms with Crippen LogP contribution in [0.4, 0.5) is 0 Å². The molecule has 5 heteroatoms. The Hall–Kier alpha value is -1.72. The lowest BCUT2D eigenvalue weighted by atomic mass is 10.1. The number of hydrogen-bond acceptors (Lipinski definition) is 3. The van der Waals surface area contributed by atoms with Gasteiger partial charge in [-0.05, 0) is 61.7 Å². The number of benzene rings is 1. The summed E-state index contributed by atoms with van der Waals surface area (Å²) in [5, 5.41) is 0. The Bertz CT molecular complexity index is 697. The monoisotopic (exact) mass is 290 g/mol. The molecule has 0 saturated carbocycles. The van der Waals surface area contributed by atoms with Crippen LogP contribution in [0.25, 0.3) is 0 Å². The second-order valence-electron chi connectivity index (χ2n) is 4.87. The van der Waals surface area contributed by atoms with E-state index in [4.69, 9.17) is 0 Å². The zero-order valence-corrected chi connectivity index (χ0v) is 12.6. The molecule has 1 unspecified atom stereocenters. The van der Waals surface area contributed by atoms with Crippen molar-refractivity contribution in [3.05, 3.63) is 59.4 Å². The molecule has 106 valence electrons. The second-order valence-corrected chi connectivity index (χ2v) is 6.58. The van der Waals surface area contributed by atoms with Crippen molar-refractivity contribution in [2.24, 2.45) is 0 Å². The molecule has 0 fully saturated rings. The molecular formula is C15H18N2O2S. The quantitative estimate of drug-likeness (QED) is 0.942. The standard InChI is InChI=1S/C15H18N2O2S/c1-11-4-5-15(10-12(11)2)20(18,19)17-13(3)14-6-8-16-9-7-14/h4-10,13,17H,1-3H3. The van der Waals surface area contributed by atoms with Crippen LogP contribution in [0.5, 0.6) is 0 Å². The van der Waals surface area contributed by atoms with Gasteiger partial charge in [0.25, 0.3) is 0 Å². The molecule has 0 aliphatic carbocycles. The van der Waals surface area contributed by atoms with Gasteiger partial charge in [-0.1, -0.05) is 6.07 Å². The Morgan fingerprint density at radius 1 is 1.05 bits per heavy atom. The van der Waals surface area contributed by atoms with Crippen molar-refractivity contribution in [1.82, 2.24) is 9.71 Å². The molecule has 1 atom stereocenters. The van der Waals surface area contributed by atoms with E-state index in [0.717, 1.165) is 16.7 Å². The van der Waals surface area contributed by atoms with Gasteiger partial charge in [-0.25, -0.2) is 13.1 Å². The molecule has 20 heavy (non-hydrogen) atoms. The summed E-state index contributed by atoms with van der Waals surface area (Å²) in [6.07, 6.45) is 3.30. The van der Waals surface area contributed by atoms with Gasteiger partial charge < -0.3 is 0 Å². The van der Waals surface area contributed by atoms with Crippen molar-refractivity contribution in [2.45, 2.75) is 31.7 Å². The number of rotatable bonds is 4. The predicted octanol–water partition coefficient (Wildman–Crippen LogP) is 2.74. The fourth-order valence-electron chi connectivity index (χ4n) is 1.90. The molecule has 0 amide bonds. The van der Waals surface area contributed by atoms with Crippen molar-refractivity contribution < 1.29 is 8.42 Å². The largest absolute Gasteiger partial charge is 0.265 e. The Kier molecular flexibility index (Phi) is 4.20. The van der Waals surface area contributed by atoms with Crippen molar-refractivity contribution in [3.8, 4) is 0 Å². The van der Waals surface area contributed by atoms with E-state index in [1.54, 1.807) is 36.7 Å². The summed E-state index contributed by atoms with van der Waals surface area (Å²) in [6.45, 7) is 5.67. The zero-order valence-electron chi connectivity index (χ0n) is 11.8. The highest BCUT2D eigenvalue weighted by atomic mass is 32.2. The van der Waals surface area contributed by atoms with E-state index in [-0.39, 0.29) is 6.04 Å². The highest BCUT2D eigenvalue weighted by molar-refractivity contribution is 7.89. The van der Waals surface area contributed by atoms with E-state index in [2.05, 4.69) is 9.71 Å². The summed E-state index contributed by atoms with van der Waals surface area (Å²) in [4.78, 5) is 4.22. The molecule has 4 nitrogen and oxygen atoms in total. The summed E-state index contributed by atoms with van der Waals surface area (Å²) in [6, 6.07) is 8.44. The third kappa shape index (κ3) is 3.23. The normalized spacial score (nSPS) is 13.2. The van der Waals surface area contributed by atoms with Crippen molar-refractivity contribution >= 4 is 10.0 Å². The Morgan fingerprint density at radius 3 is 2.30 bits per heavy atom. The first kappa shape index (κ1) is 14.7. The van der Waals surface area contributed by atoms with Crippen molar-refractivity contribution in [3.63, 3.8) is 0 Å². The van der Waals surface area contributed by atoms with E-state index >= 15 is 0 Å². The first-order valence-electron chi connectivity index (χ1n) is 6.39. The maximum atomic E-state index is 12.4. The average molecular weight is 290 g/mol. The smallest absolute Gasteiger partial charge is 0.241 e. The molecular weight excluding hydrogens is 272 g/mol. The van der Waals surface area contributed by atoms with Crippen LogP contribution in [0.1, 0.15) is 29.7 Å². The van der Waals surface area contributed by atoms with Crippen LogP contribution in [0.3, 0.4) is 0 Å². The van der Waals surface area contributed by atoms with Crippen LogP contribution >= 0.6 is 0 Å². The number of nitrogens with one attached hydrogen (secondary N) is 1. The number of pyridine rings is 1. The number of aromatic nitrogens is 1. The first-order valence-corrected chi connectivity index (χ1v) is 7.88. The van der Waals surface area contributed by atoms with Gasteiger partial charge in [0.2, 0.25) is 10.0 Å². The maximum Gasteiger partial charge on any atom is 0.241 e. The van der Waals surface area contributed by atoms with Crippen LogP contribution in [0.15, 0.2) is 47.6 Å². The first-order chi connectivity index (χ1) is 9.40.